The molecule has 0 spiro atoms. The molecule has 1 heterocycles. The molecule has 0 aromatic heterocycles. The third kappa shape index (κ3) is 5.61. The minimum absolute atomic E-state index is 0.0990. The molecule has 1 aliphatic heterocycles. The summed E-state index contributed by atoms with van der Waals surface area (Å²) in [7, 11) is 1.55. The van der Waals surface area contributed by atoms with Crippen molar-refractivity contribution in [1.82, 2.24) is 15.5 Å². The number of nitrogens with zero attached hydrogens (tertiary/aromatic N) is 1. The van der Waals surface area contributed by atoms with E-state index in [4.69, 9.17) is 16.3 Å². The van der Waals surface area contributed by atoms with Crippen LogP contribution in [0.4, 0.5) is 0 Å². The molecule has 1 aliphatic carbocycles. The number of hydrogen-bond acceptors (Lipinski definition) is 4. The predicted molar refractivity (Wildman–Crippen MR) is 110 cm³/mol. The molecule has 0 unspecified atom stereocenters. The van der Waals surface area contributed by atoms with Gasteiger partial charge in [-0.2, -0.15) is 0 Å². The lowest BCUT2D eigenvalue weighted by atomic mass is 9.96. The molecule has 0 atom stereocenters. The molecular formula is C21H30ClN3O3. The van der Waals surface area contributed by atoms with E-state index in [2.05, 4.69) is 15.5 Å². The summed E-state index contributed by atoms with van der Waals surface area (Å²) in [6, 6.07) is 5.03. The van der Waals surface area contributed by atoms with E-state index in [1.54, 1.807) is 25.3 Å². The van der Waals surface area contributed by atoms with Crippen molar-refractivity contribution >= 4 is 23.4 Å². The minimum atomic E-state index is -0.125. The molecule has 1 aromatic rings. The molecule has 2 N–H and O–H groups in total. The van der Waals surface area contributed by atoms with Crippen LogP contribution in [0.25, 0.3) is 0 Å². The summed E-state index contributed by atoms with van der Waals surface area (Å²) in [5, 5.41) is 6.56. The number of likely N-dealkylation sites (tertiary alicyclic amines) is 1. The highest BCUT2D eigenvalue weighted by atomic mass is 35.5. The van der Waals surface area contributed by atoms with Crippen LogP contribution >= 0.6 is 11.6 Å². The number of piperidine rings is 1. The first-order valence-electron chi connectivity index (χ1n) is 10.0. The first kappa shape index (κ1) is 20.9. The Labute approximate surface area is 171 Å². The van der Waals surface area contributed by atoms with Gasteiger partial charge in [0.1, 0.15) is 5.75 Å². The first-order valence-corrected chi connectivity index (χ1v) is 10.4. The van der Waals surface area contributed by atoms with Gasteiger partial charge >= 0.3 is 0 Å². The molecule has 7 heteroatoms. The van der Waals surface area contributed by atoms with Crippen LogP contribution in [0.3, 0.4) is 0 Å². The zero-order chi connectivity index (χ0) is 20.1. The second-order valence-electron chi connectivity index (χ2n) is 8.19. The number of hydrogen-bond donors (Lipinski definition) is 2. The van der Waals surface area contributed by atoms with Gasteiger partial charge in [0.15, 0.2) is 0 Å². The molecule has 1 aromatic carbocycles. The number of rotatable bonds is 8. The number of halogens is 1. The number of ether oxygens (including phenoxy) is 1. The lowest BCUT2D eigenvalue weighted by Gasteiger charge is -2.32. The van der Waals surface area contributed by atoms with Gasteiger partial charge in [-0.15, -0.1) is 0 Å². The van der Waals surface area contributed by atoms with Gasteiger partial charge in [0.2, 0.25) is 5.91 Å². The summed E-state index contributed by atoms with van der Waals surface area (Å²) in [4.78, 5) is 26.7. The molecule has 1 saturated carbocycles. The number of carbonyl (C=O) groups excluding carboxylic acids is 2. The van der Waals surface area contributed by atoms with Crippen molar-refractivity contribution in [3.05, 3.63) is 28.8 Å². The maximum absolute atomic E-state index is 12.4. The van der Waals surface area contributed by atoms with E-state index >= 15 is 0 Å². The fourth-order valence-electron chi connectivity index (χ4n) is 3.52. The summed E-state index contributed by atoms with van der Waals surface area (Å²) in [5.74, 6) is 1.12. The molecule has 6 nitrogen and oxygen atoms in total. The summed E-state index contributed by atoms with van der Waals surface area (Å²) >= 11 is 6.04. The summed E-state index contributed by atoms with van der Waals surface area (Å²) in [6.07, 6.45) is 4.12. The fraction of sp³-hybridized carbons (Fsp3) is 0.619. The third-order valence-corrected chi connectivity index (χ3v) is 6.11. The zero-order valence-electron chi connectivity index (χ0n) is 16.7. The Morgan fingerprint density at radius 2 is 1.93 bits per heavy atom. The van der Waals surface area contributed by atoms with Crippen molar-refractivity contribution < 1.29 is 14.3 Å². The van der Waals surface area contributed by atoms with E-state index in [0.717, 1.165) is 45.3 Å². The van der Waals surface area contributed by atoms with E-state index in [9.17, 15) is 9.59 Å². The Kier molecular flexibility index (Phi) is 6.83. The Morgan fingerprint density at radius 3 is 2.57 bits per heavy atom. The number of carbonyl (C=O) groups is 2. The van der Waals surface area contributed by atoms with E-state index in [1.165, 1.54) is 0 Å². The van der Waals surface area contributed by atoms with E-state index < -0.39 is 0 Å². The van der Waals surface area contributed by atoms with Gasteiger partial charge in [-0.1, -0.05) is 18.5 Å². The number of benzene rings is 1. The quantitative estimate of drug-likeness (QED) is 0.695. The highest BCUT2D eigenvalue weighted by molar-refractivity contribution is 6.31. The van der Waals surface area contributed by atoms with Crippen LogP contribution in [0.2, 0.25) is 5.02 Å². The average molecular weight is 408 g/mol. The van der Waals surface area contributed by atoms with Gasteiger partial charge < -0.3 is 20.3 Å². The standard InChI is InChI=1S/C21H30ClN3O3/c1-21(5-6-21)20(27)23-7-10-25-8-3-15(4-9-25)14-24-19(26)16-11-17(22)13-18(12-16)28-2/h11-13,15H,3-10,14H2,1-2H3,(H,23,27)(H,24,26). The lowest BCUT2D eigenvalue weighted by molar-refractivity contribution is -0.125. The zero-order valence-corrected chi connectivity index (χ0v) is 17.5. The highest BCUT2D eigenvalue weighted by Gasteiger charge is 2.44. The maximum atomic E-state index is 12.4. The Bertz CT molecular complexity index is 713. The molecule has 2 amide bonds. The Hall–Kier alpha value is -1.79. The second kappa shape index (κ2) is 9.14. The third-order valence-electron chi connectivity index (χ3n) is 5.89. The second-order valence-corrected chi connectivity index (χ2v) is 8.63. The van der Waals surface area contributed by atoms with Gasteiger partial charge in [0.25, 0.3) is 5.91 Å². The topological polar surface area (TPSA) is 70.7 Å². The summed E-state index contributed by atoms with van der Waals surface area (Å²) in [5.41, 5.74) is 0.417. The molecule has 2 fully saturated rings. The lowest BCUT2D eigenvalue weighted by Crippen LogP contribution is -2.42. The maximum Gasteiger partial charge on any atom is 0.251 e. The summed E-state index contributed by atoms with van der Waals surface area (Å²) < 4.78 is 5.16. The first-order chi connectivity index (χ1) is 13.4. The monoisotopic (exact) mass is 407 g/mol. The molecule has 1 saturated heterocycles. The molecule has 3 rings (SSSR count). The number of amides is 2. The largest absolute Gasteiger partial charge is 0.497 e. The molecule has 0 bridgehead atoms. The van der Waals surface area contributed by atoms with Crippen molar-refractivity contribution in [3.63, 3.8) is 0 Å². The summed E-state index contributed by atoms with van der Waals surface area (Å²) in [6.45, 7) is 6.30. The van der Waals surface area contributed by atoms with Crippen molar-refractivity contribution in [1.29, 1.82) is 0 Å². The van der Waals surface area contributed by atoms with Crippen LogP contribution in [0.15, 0.2) is 18.2 Å². The average Bonchev–Trinajstić information content (AvgIpc) is 3.45. The van der Waals surface area contributed by atoms with Crippen LogP contribution in [-0.2, 0) is 4.79 Å². The fourth-order valence-corrected chi connectivity index (χ4v) is 3.75. The van der Waals surface area contributed by atoms with E-state index in [-0.39, 0.29) is 17.2 Å². The van der Waals surface area contributed by atoms with Crippen molar-refractivity contribution in [2.24, 2.45) is 11.3 Å². The molecule has 154 valence electrons. The predicted octanol–water partition coefficient (Wildman–Crippen LogP) is 2.71. The van der Waals surface area contributed by atoms with Gasteiger partial charge in [0, 0.05) is 35.6 Å². The van der Waals surface area contributed by atoms with Crippen LogP contribution in [0, 0.1) is 11.3 Å². The molecule has 2 aliphatic rings. The van der Waals surface area contributed by atoms with Crippen molar-refractivity contribution in [2.45, 2.75) is 32.6 Å². The highest BCUT2D eigenvalue weighted by Crippen LogP contribution is 2.44. The Balaban J connectivity index is 1.34. The van der Waals surface area contributed by atoms with Gasteiger partial charge in [0.05, 0.1) is 7.11 Å². The normalized spacial score (nSPS) is 19.1. The van der Waals surface area contributed by atoms with Crippen LogP contribution in [0.5, 0.6) is 5.75 Å². The Morgan fingerprint density at radius 1 is 1.21 bits per heavy atom. The van der Waals surface area contributed by atoms with Crippen molar-refractivity contribution in [2.75, 3.05) is 39.8 Å². The van der Waals surface area contributed by atoms with E-state index in [0.29, 0.717) is 35.3 Å². The van der Waals surface area contributed by atoms with Gasteiger partial charge in [-0.3, -0.25) is 9.59 Å². The number of methoxy groups -OCH3 is 1. The van der Waals surface area contributed by atoms with Crippen molar-refractivity contribution in [3.8, 4) is 5.75 Å². The SMILES string of the molecule is COc1cc(Cl)cc(C(=O)NCC2CCN(CCNC(=O)C3(C)CC3)CC2)c1. The minimum Gasteiger partial charge on any atom is -0.497 e. The van der Waals surface area contributed by atoms with Crippen LogP contribution in [0.1, 0.15) is 43.0 Å². The van der Waals surface area contributed by atoms with Gasteiger partial charge in [-0.05, 0) is 62.9 Å². The van der Waals surface area contributed by atoms with Crippen LogP contribution in [-0.4, -0.2) is 56.5 Å². The van der Waals surface area contributed by atoms with Crippen LogP contribution < -0.4 is 15.4 Å². The van der Waals surface area contributed by atoms with Gasteiger partial charge in [-0.25, -0.2) is 0 Å². The molecule has 28 heavy (non-hydrogen) atoms. The van der Waals surface area contributed by atoms with E-state index in [1.807, 2.05) is 6.92 Å². The molecular weight excluding hydrogens is 378 g/mol. The smallest absolute Gasteiger partial charge is 0.251 e. The molecule has 0 radical (unpaired) electrons. The number of nitrogens with one attached hydrogen (secondary N) is 2.